The molecule has 0 saturated carbocycles. The van der Waals surface area contributed by atoms with Gasteiger partial charge in [-0.25, -0.2) is 14.8 Å². The molecular weight excluding hydrogens is 344 g/mol. The van der Waals surface area contributed by atoms with E-state index in [1.54, 1.807) is 13.1 Å². The first-order chi connectivity index (χ1) is 11.9. The van der Waals surface area contributed by atoms with Gasteiger partial charge >= 0.3 is 6.09 Å². The summed E-state index contributed by atoms with van der Waals surface area (Å²) in [4.78, 5) is 23.5. The number of anilines is 1. The zero-order chi connectivity index (χ0) is 17.8. The summed E-state index contributed by atoms with van der Waals surface area (Å²) in [6, 6.07) is 5.41. The van der Waals surface area contributed by atoms with Gasteiger partial charge in [0.25, 0.3) is 0 Å². The van der Waals surface area contributed by atoms with Gasteiger partial charge in [-0.05, 0) is 31.5 Å². The van der Waals surface area contributed by atoms with Gasteiger partial charge in [-0.1, -0.05) is 11.6 Å². The van der Waals surface area contributed by atoms with Crippen LogP contribution < -0.4 is 4.90 Å². The van der Waals surface area contributed by atoms with E-state index in [1.807, 2.05) is 24.0 Å². The molecule has 0 radical (unpaired) electrons. The van der Waals surface area contributed by atoms with Crippen LogP contribution in [0.3, 0.4) is 0 Å². The number of carboxylic acid groups (broad SMARTS) is 1. The average Bonchev–Trinajstić information content (AvgIpc) is 3.15. The second kappa shape index (κ2) is 5.49. The van der Waals surface area contributed by atoms with Crippen molar-refractivity contribution in [1.29, 1.82) is 0 Å². The first kappa shape index (κ1) is 16.0. The van der Waals surface area contributed by atoms with Crippen LogP contribution in [0.4, 0.5) is 10.6 Å². The molecule has 1 aliphatic rings. The van der Waals surface area contributed by atoms with Crippen molar-refractivity contribution < 1.29 is 14.3 Å². The van der Waals surface area contributed by atoms with E-state index in [1.165, 1.54) is 11.2 Å². The quantitative estimate of drug-likeness (QED) is 0.751. The zero-order valence-corrected chi connectivity index (χ0v) is 14.6. The molecule has 1 atom stereocenters. The van der Waals surface area contributed by atoms with Crippen LogP contribution in [0.25, 0.3) is 22.1 Å². The van der Waals surface area contributed by atoms with Crippen LogP contribution in [-0.2, 0) is 0 Å². The number of hydrogen-bond acceptors (Lipinski definition) is 5. The van der Waals surface area contributed by atoms with Crippen molar-refractivity contribution in [2.45, 2.75) is 18.9 Å². The lowest BCUT2D eigenvalue weighted by Crippen LogP contribution is -2.48. The molecule has 1 saturated heterocycles. The summed E-state index contributed by atoms with van der Waals surface area (Å²) in [5.74, 6) is 0.680. The molecule has 8 heteroatoms. The largest absolute Gasteiger partial charge is 0.465 e. The van der Waals surface area contributed by atoms with Gasteiger partial charge in [-0.15, -0.1) is 0 Å². The number of likely N-dealkylation sites (N-methyl/N-ethyl adjacent to an activating group) is 1. The van der Waals surface area contributed by atoms with Crippen molar-refractivity contribution in [2.75, 3.05) is 25.0 Å². The lowest BCUT2D eigenvalue weighted by atomic mass is 10.0. The molecular formula is C17H17ClN4O3. The van der Waals surface area contributed by atoms with Crippen molar-refractivity contribution >= 4 is 45.6 Å². The minimum Gasteiger partial charge on any atom is -0.465 e. The lowest BCUT2D eigenvalue weighted by molar-refractivity contribution is 0.111. The summed E-state index contributed by atoms with van der Waals surface area (Å²) in [5.41, 5.74) is 1.54. The highest BCUT2D eigenvalue weighted by molar-refractivity contribution is 6.31. The van der Waals surface area contributed by atoms with Gasteiger partial charge in [0.05, 0.1) is 5.54 Å². The van der Waals surface area contributed by atoms with Crippen molar-refractivity contribution in [3.63, 3.8) is 0 Å². The Labute approximate surface area is 148 Å². The zero-order valence-electron chi connectivity index (χ0n) is 13.9. The molecule has 1 fully saturated rings. The molecule has 1 aliphatic heterocycles. The van der Waals surface area contributed by atoms with Gasteiger partial charge in [-0.2, -0.15) is 0 Å². The number of amides is 1. The second-order valence-corrected chi connectivity index (χ2v) is 7.06. The molecule has 7 nitrogen and oxygen atoms in total. The molecule has 0 unspecified atom stereocenters. The van der Waals surface area contributed by atoms with Crippen LogP contribution in [-0.4, -0.2) is 51.7 Å². The molecule has 0 bridgehead atoms. The molecule has 0 aliphatic carbocycles. The molecule has 130 valence electrons. The summed E-state index contributed by atoms with van der Waals surface area (Å²) >= 11 is 6.09. The van der Waals surface area contributed by atoms with Gasteiger partial charge in [-0.3, -0.25) is 0 Å². The van der Waals surface area contributed by atoms with Crippen molar-refractivity contribution in [1.82, 2.24) is 14.9 Å². The maximum Gasteiger partial charge on any atom is 0.407 e. The Morgan fingerprint density at radius 2 is 2.24 bits per heavy atom. The Bertz CT molecular complexity index is 989. The third-order valence-corrected chi connectivity index (χ3v) is 5.28. The number of nitrogens with zero attached hydrogens (tertiary/aromatic N) is 4. The maximum absolute atomic E-state index is 11.3. The van der Waals surface area contributed by atoms with E-state index >= 15 is 0 Å². The molecule has 1 aromatic carbocycles. The summed E-state index contributed by atoms with van der Waals surface area (Å²) in [6.45, 7) is 3.18. The highest BCUT2D eigenvalue weighted by atomic mass is 35.5. The third kappa shape index (κ3) is 2.46. The molecule has 3 aromatic rings. The summed E-state index contributed by atoms with van der Waals surface area (Å²) in [5, 5.41) is 10.8. The topological polar surface area (TPSA) is 82.7 Å². The first-order valence-electron chi connectivity index (χ1n) is 7.93. The fourth-order valence-corrected chi connectivity index (χ4v) is 3.56. The third-order valence-electron chi connectivity index (χ3n) is 5.04. The van der Waals surface area contributed by atoms with Gasteiger partial charge < -0.3 is 19.3 Å². The van der Waals surface area contributed by atoms with E-state index < -0.39 is 11.6 Å². The Morgan fingerprint density at radius 1 is 1.44 bits per heavy atom. The normalized spacial score (nSPS) is 20.5. The van der Waals surface area contributed by atoms with E-state index in [4.69, 9.17) is 16.0 Å². The maximum atomic E-state index is 11.3. The molecule has 3 heterocycles. The van der Waals surface area contributed by atoms with Crippen LogP contribution in [0.15, 0.2) is 28.9 Å². The van der Waals surface area contributed by atoms with E-state index in [0.717, 1.165) is 5.39 Å². The Balaban J connectivity index is 1.78. The summed E-state index contributed by atoms with van der Waals surface area (Å²) < 4.78 is 5.97. The number of aromatic nitrogens is 2. The van der Waals surface area contributed by atoms with Crippen molar-refractivity contribution in [3.8, 4) is 0 Å². The van der Waals surface area contributed by atoms with E-state index in [-0.39, 0.29) is 0 Å². The van der Waals surface area contributed by atoms with Crippen LogP contribution in [0, 0.1) is 0 Å². The van der Waals surface area contributed by atoms with Crippen molar-refractivity contribution in [2.24, 2.45) is 0 Å². The SMILES string of the molecule is CN(C(=O)O)[C@]1(C)CCN(c2ncnc3c2oc2ccc(Cl)cc23)C1. The number of halogens is 1. The van der Waals surface area contributed by atoms with Crippen LogP contribution in [0.2, 0.25) is 5.02 Å². The predicted molar refractivity (Wildman–Crippen MR) is 95.3 cm³/mol. The van der Waals surface area contributed by atoms with Crippen LogP contribution in [0.1, 0.15) is 13.3 Å². The van der Waals surface area contributed by atoms with E-state index in [2.05, 4.69) is 9.97 Å². The Kier molecular flexibility index (Phi) is 3.50. The average molecular weight is 361 g/mol. The lowest BCUT2D eigenvalue weighted by Gasteiger charge is -2.33. The minimum atomic E-state index is -0.935. The molecule has 1 N–H and O–H groups in total. The molecule has 4 rings (SSSR count). The summed E-state index contributed by atoms with van der Waals surface area (Å²) in [6.07, 6.45) is 1.29. The number of hydrogen-bond donors (Lipinski definition) is 1. The Morgan fingerprint density at radius 3 is 3.00 bits per heavy atom. The molecule has 0 spiro atoms. The Hall–Kier alpha value is -2.54. The van der Waals surface area contributed by atoms with Crippen molar-refractivity contribution in [3.05, 3.63) is 29.5 Å². The number of benzene rings is 1. The van der Waals surface area contributed by atoms with Gasteiger partial charge in [0.15, 0.2) is 11.4 Å². The molecule has 25 heavy (non-hydrogen) atoms. The second-order valence-electron chi connectivity index (χ2n) is 6.63. The predicted octanol–water partition coefficient (Wildman–Crippen LogP) is 3.61. The minimum absolute atomic E-state index is 0.474. The number of fused-ring (bicyclic) bond motifs is 3. The fraction of sp³-hybridized carbons (Fsp3) is 0.353. The smallest absolute Gasteiger partial charge is 0.407 e. The number of carbonyl (C=O) groups is 1. The first-order valence-corrected chi connectivity index (χ1v) is 8.31. The van der Waals surface area contributed by atoms with Gasteiger partial charge in [0.1, 0.15) is 17.4 Å². The number of rotatable bonds is 2. The molecule has 2 aromatic heterocycles. The van der Waals surface area contributed by atoms with Gasteiger partial charge in [0.2, 0.25) is 0 Å². The summed E-state index contributed by atoms with van der Waals surface area (Å²) in [7, 11) is 1.60. The van der Waals surface area contributed by atoms with Gasteiger partial charge in [0, 0.05) is 30.5 Å². The highest BCUT2D eigenvalue weighted by Gasteiger charge is 2.41. The molecule has 1 amide bonds. The fourth-order valence-electron chi connectivity index (χ4n) is 3.39. The van der Waals surface area contributed by atoms with E-state index in [9.17, 15) is 9.90 Å². The standard InChI is InChI=1S/C17H17ClN4O3/c1-17(21(2)16(23)24)5-6-22(8-17)15-14-13(19-9-20-15)11-7-10(18)3-4-12(11)25-14/h3-4,7,9H,5-6,8H2,1-2H3,(H,23,24)/t17-/m1/s1. The van der Waals surface area contributed by atoms with Crippen LogP contribution >= 0.6 is 11.6 Å². The van der Waals surface area contributed by atoms with E-state index in [0.29, 0.717) is 47.0 Å². The van der Waals surface area contributed by atoms with Crippen LogP contribution in [0.5, 0.6) is 0 Å². The number of furan rings is 1. The highest BCUT2D eigenvalue weighted by Crippen LogP contribution is 2.37. The monoisotopic (exact) mass is 360 g/mol.